The summed E-state index contributed by atoms with van der Waals surface area (Å²) in [4.78, 5) is 11.0. The van der Waals surface area contributed by atoms with Gasteiger partial charge in [-0.15, -0.1) is 0 Å². The van der Waals surface area contributed by atoms with E-state index in [9.17, 15) is 4.79 Å². The molecular weight excluding hydrogens is 178 g/mol. The lowest BCUT2D eigenvalue weighted by Crippen LogP contribution is -1.97. The van der Waals surface area contributed by atoms with Crippen molar-refractivity contribution >= 4 is 11.0 Å². The highest BCUT2D eigenvalue weighted by Crippen LogP contribution is 2.17. The number of fused-ring (bicyclic) bond motifs is 1. The van der Waals surface area contributed by atoms with Crippen LogP contribution in [-0.2, 0) is 0 Å². The fraction of sp³-hybridized carbons (Fsp3) is 0.0909. The number of hydrogen-bond acceptors (Lipinski definition) is 3. The van der Waals surface area contributed by atoms with E-state index in [0.717, 1.165) is 10.9 Å². The maximum atomic E-state index is 11.0. The van der Waals surface area contributed by atoms with Gasteiger partial charge in [0.1, 0.15) is 5.58 Å². The molecule has 0 saturated heterocycles. The van der Waals surface area contributed by atoms with E-state index in [-0.39, 0.29) is 5.63 Å². The van der Waals surface area contributed by atoms with Crippen molar-refractivity contribution < 1.29 is 4.42 Å². The second-order valence-electron chi connectivity index (χ2n) is 3.07. The molecule has 0 spiro atoms. The molecule has 0 radical (unpaired) electrons. The Bertz CT molecular complexity index is 590. The highest BCUT2D eigenvalue weighted by atomic mass is 16.4. The van der Waals surface area contributed by atoms with Gasteiger partial charge < -0.3 is 4.42 Å². The summed E-state index contributed by atoms with van der Waals surface area (Å²) in [5.74, 6) is 0. The summed E-state index contributed by atoms with van der Waals surface area (Å²) in [5.41, 5.74) is 1.55. The van der Waals surface area contributed by atoms with Gasteiger partial charge in [-0.3, -0.25) is 0 Å². The van der Waals surface area contributed by atoms with Gasteiger partial charge >= 0.3 is 5.63 Å². The number of nitriles is 1. The van der Waals surface area contributed by atoms with Crippen LogP contribution < -0.4 is 5.63 Å². The summed E-state index contributed by atoms with van der Waals surface area (Å²) in [7, 11) is 0. The molecule has 0 fully saturated rings. The van der Waals surface area contributed by atoms with Gasteiger partial charge in [-0.2, -0.15) is 5.26 Å². The molecule has 14 heavy (non-hydrogen) atoms. The summed E-state index contributed by atoms with van der Waals surface area (Å²) < 4.78 is 4.98. The zero-order chi connectivity index (χ0) is 10.1. The van der Waals surface area contributed by atoms with Gasteiger partial charge in [0.25, 0.3) is 0 Å². The Morgan fingerprint density at radius 2 is 2.14 bits per heavy atom. The third-order valence-corrected chi connectivity index (χ3v) is 2.08. The molecule has 3 nitrogen and oxygen atoms in total. The zero-order valence-electron chi connectivity index (χ0n) is 7.57. The number of aryl methyl sites for hydroxylation is 1. The van der Waals surface area contributed by atoms with Crippen LogP contribution in [0.4, 0.5) is 0 Å². The van der Waals surface area contributed by atoms with Crippen molar-refractivity contribution in [2.75, 3.05) is 0 Å². The first kappa shape index (κ1) is 8.52. The summed E-state index contributed by atoms with van der Waals surface area (Å²) in [6, 6.07) is 8.45. The predicted molar refractivity (Wildman–Crippen MR) is 51.9 cm³/mol. The van der Waals surface area contributed by atoms with E-state index in [4.69, 9.17) is 9.68 Å². The predicted octanol–water partition coefficient (Wildman–Crippen LogP) is 1.97. The molecule has 68 valence electrons. The van der Waals surface area contributed by atoms with Crippen LogP contribution in [0, 0.1) is 18.3 Å². The van der Waals surface area contributed by atoms with Gasteiger partial charge in [-0.05, 0) is 30.7 Å². The molecule has 1 aromatic carbocycles. The van der Waals surface area contributed by atoms with Crippen molar-refractivity contribution in [1.82, 2.24) is 0 Å². The van der Waals surface area contributed by atoms with Crippen LogP contribution >= 0.6 is 0 Å². The summed E-state index contributed by atoms with van der Waals surface area (Å²) in [5, 5.41) is 9.51. The second-order valence-corrected chi connectivity index (χ2v) is 3.07. The Kier molecular flexibility index (Phi) is 1.83. The van der Waals surface area contributed by atoms with E-state index in [1.165, 1.54) is 6.07 Å². The standard InChI is InChI=1S/C11H7NO2/c1-7-4-11(13)14-10-3-2-8(6-12)5-9(7)10/h2-5H,1H3. The molecule has 0 amide bonds. The monoisotopic (exact) mass is 185 g/mol. The fourth-order valence-electron chi connectivity index (χ4n) is 1.39. The van der Waals surface area contributed by atoms with Crippen LogP contribution in [-0.4, -0.2) is 0 Å². The van der Waals surface area contributed by atoms with Gasteiger partial charge in [-0.1, -0.05) is 0 Å². The van der Waals surface area contributed by atoms with Crippen molar-refractivity contribution in [2.45, 2.75) is 6.92 Å². The minimum atomic E-state index is -0.361. The maximum absolute atomic E-state index is 11.0. The van der Waals surface area contributed by atoms with Crippen LogP contribution in [0.5, 0.6) is 0 Å². The third-order valence-electron chi connectivity index (χ3n) is 2.08. The van der Waals surface area contributed by atoms with Crippen molar-refractivity contribution in [1.29, 1.82) is 5.26 Å². The molecular formula is C11H7NO2. The van der Waals surface area contributed by atoms with Gasteiger partial charge in [-0.25, -0.2) is 4.79 Å². The van der Waals surface area contributed by atoms with Gasteiger partial charge in [0.05, 0.1) is 11.6 Å². The van der Waals surface area contributed by atoms with E-state index >= 15 is 0 Å². The number of benzene rings is 1. The van der Waals surface area contributed by atoms with E-state index in [1.54, 1.807) is 18.2 Å². The molecule has 0 unspecified atom stereocenters. The fourth-order valence-corrected chi connectivity index (χ4v) is 1.39. The molecule has 0 atom stereocenters. The lowest BCUT2D eigenvalue weighted by atomic mass is 10.1. The Labute approximate surface area is 80.2 Å². The minimum absolute atomic E-state index is 0.361. The van der Waals surface area contributed by atoms with Crippen molar-refractivity contribution in [3.63, 3.8) is 0 Å². The maximum Gasteiger partial charge on any atom is 0.336 e. The zero-order valence-corrected chi connectivity index (χ0v) is 7.57. The van der Waals surface area contributed by atoms with Crippen molar-refractivity contribution in [2.24, 2.45) is 0 Å². The molecule has 0 aliphatic rings. The number of nitrogens with zero attached hydrogens (tertiary/aromatic N) is 1. The highest BCUT2D eigenvalue weighted by Gasteiger charge is 2.02. The van der Waals surface area contributed by atoms with E-state index in [2.05, 4.69) is 0 Å². The van der Waals surface area contributed by atoms with Crippen molar-refractivity contribution in [3.05, 3.63) is 45.8 Å². The average Bonchev–Trinajstić information content (AvgIpc) is 2.17. The molecule has 0 bridgehead atoms. The molecule has 0 aliphatic heterocycles. The first-order valence-electron chi connectivity index (χ1n) is 4.15. The molecule has 2 aromatic rings. The number of hydrogen-bond donors (Lipinski definition) is 0. The first-order chi connectivity index (χ1) is 6.70. The molecule has 0 N–H and O–H groups in total. The summed E-state index contributed by atoms with van der Waals surface area (Å²) >= 11 is 0. The van der Waals surface area contributed by atoms with Gasteiger partial charge in [0.2, 0.25) is 0 Å². The Hall–Kier alpha value is -2.08. The Morgan fingerprint density at radius 1 is 1.36 bits per heavy atom. The average molecular weight is 185 g/mol. The molecule has 0 saturated carbocycles. The first-order valence-corrected chi connectivity index (χ1v) is 4.15. The van der Waals surface area contributed by atoms with Gasteiger partial charge in [0.15, 0.2) is 0 Å². The second kappa shape index (κ2) is 3.00. The number of rotatable bonds is 0. The lowest BCUT2D eigenvalue weighted by Gasteiger charge is -1.99. The largest absolute Gasteiger partial charge is 0.423 e. The lowest BCUT2D eigenvalue weighted by molar-refractivity contribution is 0.560. The topological polar surface area (TPSA) is 54.0 Å². The Balaban J connectivity index is 2.90. The van der Waals surface area contributed by atoms with Crippen LogP contribution in [0.25, 0.3) is 11.0 Å². The smallest absolute Gasteiger partial charge is 0.336 e. The molecule has 1 aromatic heterocycles. The minimum Gasteiger partial charge on any atom is -0.423 e. The van der Waals surface area contributed by atoms with E-state index in [1.807, 2.05) is 13.0 Å². The van der Waals surface area contributed by atoms with Crippen LogP contribution in [0.15, 0.2) is 33.5 Å². The molecule has 0 aliphatic carbocycles. The van der Waals surface area contributed by atoms with E-state index < -0.39 is 0 Å². The van der Waals surface area contributed by atoms with Gasteiger partial charge in [0, 0.05) is 11.5 Å². The molecule has 2 rings (SSSR count). The summed E-state index contributed by atoms with van der Waals surface area (Å²) in [6.45, 7) is 1.82. The molecule has 1 heterocycles. The van der Waals surface area contributed by atoms with Crippen LogP contribution in [0.3, 0.4) is 0 Å². The van der Waals surface area contributed by atoms with Crippen molar-refractivity contribution in [3.8, 4) is 6.07 Å². The SMILES string of the molecule is Cc1cc(=O)oc2ccc(C#N)cc12. The third kappa shape index (κ3) is 1.27. The van der Waals surface area contributed by atoms with Crippen LogP contribution in [0.1, 0.15) is 11.1 Å². The van der Waals surface area contributed by atoms with E-state index in [0.29, 0.717) is 11.1 Å². The normalized spacial score (nSPS) is 10.0. The molecule has 3 heteroatoms. The van der Waals surface area contributed by atoms with Crippen LogP contribution in [0.2, 0.25) is 0 Å². The Morgan fingerprint density at radius 3 is 2.86 bits per heavy atom. The quantitative estimate of drug-likeness (QED) is 0.589. The highest BCUT2D eigenvalue weighted by molar-refractivity contribution is 5.81. The summed E-state index contributed by atoms with van der Waals surface area (Å²) in [6.07, 6.45) is 0.